The lowest BCUT2D eigenvalue weighted by atomic mass is 9.86. The maximum atomic E-state index is 12.7. The third-order valence-electron chi connectivity index (χ3n) is 6.61. The van der Waals surface area contributed by atoms with Crippen molar-refractivity contribution in [2.24, 2.45) is 23.5 Å². The van der Waals surface area contributed by atoms with E-state index in [1.54, 1.807) is 33.8 Å². The molecule has 0 saturated heterocycles. The van der Waals surface area contributed by atoms with Gasteiger partial charge in [-0.15, -0.1) is 0 Å². The zero-order chi connectivity index (χ0) is 29.0. The minimum Gasteiger partial charge on any atom is -0.480 e. The molecule has 1 rings (SSSR count). The van der Waals surface area contributed by atoms with Gasteiger partial charge in [-0.25, -0.2) is 0 Å². The van der Waals surface area contributed by atoms with Crippen LogP contribution >= 0.6 is 0 Å². The molecule has 0 fully saturated rings. The van der Waals surface area contributed by atoms with Crippen LogP contribution in [0.3, 0.4) is 0 Å². The van der Waals surface area contributed by atoms with Crippen molar-refractivity contribution in [1.29, 1.82) is 0 Å². The van der Waals surface area contributed by atoms with Gasteiger partial charge in [-0.3, -0.25) is 19.2 Å². The molecule has 1 aromatic carbocycles. The lowest BCUT2D eigenvalue weighted by Gasteiger charge is -2.28. The van der Waals surface area contributed by atoms with Gasteiger partial charge in [0.25, 0.3) is 0 Å². The average Bonchev–Trinajstić information content (AvgIpc) is 2.84. The minimum atomic E-state index is -1.76. The molecule has 0 aliphatic carbocycles. The predicted octanol–water partition coefficient (Wildman–Crippen LogP) is 5.06. The Hall–Kier alpha value is -2.94. The summed E-state index contributed by atoms with van der Waals surface area (Å²) in [6.07, 6.45) is 2.48. The van der Waals surface area contributed by atoms with Gasteiger partial charge in [0.15, 0.2) is 11.5 Å². The van der Waals surface area contributed by atoms with Gasteiger partial charge in [-0.1, -0.05) is 60.5 Å². The molecule has 5 atom stereocenters. The molecule has 1 aromatic rings. The van der Waals surface area contributed by atoms with Gasteiger partial charge in [-0.2, -0.15) is 0 Å². The topological polar surface area (TPSA) is 142 Å². The summed E-state index contributed by atoms with van der Waals surface area (Å²) in [4.78, 5) is 49.6. The van der Waals surface area contributed by atoms with Gasteiger partial charge in [0.2, 0.25) is 0 Å². The predicted molar refractivity (Wildman–Crippen MR) is 144 cm³/mol. The van der Waals surface area contributed by atoms with Crippen LogP contribution in [0.2, 0.25) is 0 Å². The molecule has 38 heavy (non-hydrogen) atoms. The molecule has 214 valence electrons. The largest absolute Gasteiger partial charge is 0.480 e. The van der Waals surface area contributed by atoms with E-state index in [1.165, 1.54) is 12.1 Å². The molecule has 0 aliphatic heterocycles. The molecule has 0 radical (unpaired) electrons. The Kier molecular flexibility index (Phi) is 13.5. The first kappa shape index (κ1) is 33.1. The Balaban J connectivity index is 3.26. The van der Waals surface area contributed by atoms with Gasteiger partial charge in [-0.05, 0) is 43.9 Å². The number of esters is 3. The minimum absolute atomic E-state index is 0.0245. The number of aliphatic carboxylic acids is 1. The number of carboxylic acids is 1. The van der Waals surface area contributed by atoms with E-state index in [0.29, 0.717) is 24.8 Å². The fourth-order valence-corrected chi connectivity index (χ4v) is 3.98. The first-order valence-corrected chi connectivity index (χ1v) is 13.6. The van der Waals surface area contributed by atoms with Crippen molar-refractivity contribution in [3.63, 3.8) is 0 Å². The Labute approximate surface area is 226 Å². The van der Waals surface area contributed by atoms with Gasteiger partial charge in [0.1, 0.15) is 11.6 Å². The van der Waals surface area contributed by atoms with Crippen LogP contribution in [0.4, 0.5) is 0 Å². The fourth-order valence-electron chi connectivity index (χ4n) is 3.98. The van der Waals surface area contributed by atoms with Crippen LogP contribution in [0, 0.1) is 17.8 Å². The quantitative estimate of drug-likeness (QED) is 0.219. The molecule has 0 heterocycles. The second-order valence-electron chi connectivity index (χ2n) is 10.4. The van der Waals surface area contributed by atoms with E-state index in [2.05, 4.69) is 0 Å². The number of carboxylic acid groups (broad SMARTS) is 1. The molecule has 0 amide bonds. The average molecular weight is 536 g/mol. The van der Waals surface area contributed by atoms with Crippen LogP contribution in [0.5, 0.6) is 11.5 Å². The highest BCUT2D eigenvalue weighted by Gasteiger charge is 2.37. The smallest absolute Gasteiger partial charge is 0.324 e. The van der Waals surface area contributed by atoms with Crippen molar-refractivity contribution in [3.05, 3.63) is 23.8 Å². The highest BCUT2D eigenvalue weighted by atomic mass is 16.6. The number of carbonyl (C=O) groups excluding carboxylic acids is 3. The molecule has 0 spiro atoms. The summed E-state index contributed by atoms with van der Waals surface area (Å²) < 4.78 is 16.6. The van der Waals surface area contributed by atoms with Gasteiger partial charge in [0.05, 0.1) is 17.8 Å². The standard InChI is InChI=1S/C29H45NO8/c1-8-11-19(5)26(32)37-23-14-13-22(15-24(23)38-27(33)20(6)12-9-2)17-29(30,28(34)35)16-21(7)36-25(31)18(4)10-3/h13-15,18-21H,8-12,16-17,30H2,1-7H3,(H,34,35)/t18?,19?,20?,21-,29?/m0/s1. The van der Waals surface area contributed by atoms with E-state index in [4.69, 9.17) is 19.9 Å². The Morgan fingerprint density at radius 1 is 0.842 bits per heavy atom. The van der Waals surface area contributed by atoms with Gasteiger partial charge in [0, 0.05) is 12.8 Å². The SMILES string of the molecule is CCCC(C)C(=O)Oc1ccc(CC(N)(C[C@H](C)OC(=O)C(C)CC)C(=O)O)cc1OC(=O)C(C)CCC. The van der Waals surface area contributed by atoms with Crippen LogP contribution in [0.1, 0.15) is 92.6 Å². The molecule has 4 unspecified atom stereocenters. The van der Waals surface area contributed by atoms with Crippen molar-refractivity contribution in [3.8, 4) is 11.5 Å². The number of carbonyl (C=O) groups is 4. The Bertz CT molecular complexity index is 962. The van der Waals surface area contributed by atoms with Crippen molar-refractivity contribution < 1.29 is 38.5 Å². The number of ether oxygens (including phenoxy) is 3. The number of hydrogen-bond donors (Lipinski definition) is 2. The van der Waals surface area contributed by atoms with E-state index >= 15 is 0 Å². The maximum Gasteiger partial charge on any atom is 0.324 e. The summed E-state index contributed by atoms with van der Waals surface area (Å²) in [6, 6.07) is 4.54. The summed E-state index contributed by atoms with van der Waals surface area (Å²) in [7, 11) is 0. The number of hydrogen-bond acceptors (Lipinski definition) is 8. The first-order valence-electron chi connectivity index (χ1n) is 13.6. The molecule has 0 saturated carbocycles. The molecule has 9 nitrogen and oxygen atoms in total. The fraction of sp³-hybridized carbons (Fsp3) is 0.655. The Morgan fingerprint density at radius 3 is 1.84 bits per heavy atom. The van der Waals surface area contributed by atoms with Crippen LogP contribution < -0.4 is 15.2 Å². The van der Waals surface area contributed by atoms with Crippen molar-refractivity contribution in [1.82, 2.24) is 0 Å². The van der Waals surface area contributed by atoms with Gasteiger partial charge >= 0.3 is 23.9 Å². The lowest BCUT2D eigenvalue weighted by Crippen LogP contribution is -2.52. The maximum absolute atomic E-state index is 12.7. The highest BCUT2D eigenvalue weighted by Crippen LogP contribution is 2.32. The van der Waals surface area contributed by atoms with Crippen LogP contribution in [0.25, 0.3) is 0 Å². The second-order valence-corrected chi connectivity index (χ2v) is 10.4. The van der Waals surface area contributed by atoms with E-state index in [0.717, 1.165) is 12.8 Å². The zero-order valence-electron chi connectivity index (χ0n) is 23.9. The van der Waals surface area contributed by atoms with Crippen LogP contribution in [-0.2, 0) is 30.3 Å². The molecule has 9 heteroatoms. The molecule has 3 N–H and O–H groups in total. The number of nitrogens with two attached hydrogens (primary N) is 1. The highest BCUT2D eigenvalue weighted by molar-refractivity contribution is 5.80. The van der Waals surface area contributed by atoms with E-state index in [1.807, 2.05) is 20.8 Å². The van der Waals surface area contributed by atoms with E-state index in [-0.39, 0.29) is 42.1 Å². The van der Waals surface area contributed by atoms with Gasteiger partial charge < -0.3 is 25.1 Å². The first-order chi connectivity index (χ1) is 17.8. The third-order valence-corrected chi connectivity index (χ3v) is 6.61. The lowest BCUT2D eigenvalue weighted by molar-refractivity contribution is -0.156. The molecular formula is C29H45NO8. The zero-order valence-corrected chi connectivity index (χ0v) is 23.9. The Morgan fingerprint density at radius 2 is 1.37 bits per heavy atom. The van der Waals surface area contributed by atoms with E-state index < -0.39 is 35.5 Å². The normalized spacial score (nSPS) is 15.9. The summed E-state index contributed by atoms with van der Waals surface area (Å²) in [5, 5.41) is 9.94. The van der Waals surface area contributed by atoms with Crippen LogP contribution in [0.15, 0.2) is 18.2 Å². The summed E-state index contributed by atoms with van der Waals surface area (Å²) in [5.74, 6) is -3.53. The van der Waals surface area contributed by atoms with Crippen molar-refractivity contribution >= 4 is 23.9 Å². The summed E-state index contributed by atoms with van der Waals surface area (Å²) in [6.45, 7) is 12.6. The molecule has 0 bridgehead atoms. The van der Waals surface area contributed by atoms with E-state index in [9.17, 15) is 24.3 Å². The third kappa shape index (κ3) is 10.1. The monoisotopic (exact) mass is 535 g/mol. The summed E-state index contributed by atoms with van der Waals surface area (Å²) in [5.41, 5.74) is 5.00. The molecule has 0 aromatic heterocycles. The summed E-state index contributed by atoms with van der Waals surface area (Å²) >= 11 is 0. The molecule has 0 aliphatic rings. The number of rotatable bonds is 16. The van der Waals surface area contributed by atoms with Crippen molar-refractivity contribution in [2.45, 2.75) is 105 Å². The van der Waals surface area contributed by atoms with Crippen LogP contribution in [-0.4, -0.2) is 40.6 Å². The van der Waals surface area contributed by atoms with Crippen molar-refractivity contribution in [2.75, 3.05) is 0 Å². The second kappa shape index (κ2) is 15.5. The number of benzene rings is 1. The molecular weight excluding hydrogens is 490 g/mol.